The zero-order valence-electron chi connectivity index (χ0n) is 15.0. The van der Waals surface area contributed by atoms with Crippen molar-refractivity contribution >= 4 is 12.0 Å². The van der Waals surface area contributed by atoms with Crippen LogP contribution in [0.5, 0.6) is 11.5 Å². The zero-order chi connectivity index (χ0) is 18.2. The molecule has 7 nitrogen and oxygen atoms in total. The topological polar surface area (TPSA) is 78.3 Å². The molecule has 134 valence electrons. The molecule has 1 amide bonds. The first-order valence-corrected chi connectivity index (χ1v) is 8.11. The average Bonchev–Trinajstić information content (AvgIpc) is 3.08. The van der Waals surface area contributed by atoms with E-state index >= 15 is 0 Å². The van der Waals surface area contributed by atoms with Crippen molar-refractivity contribution in [2.75, 3.05) is 20.8 Å². The first-order chi connectivity index (χ1) is 12.0. The Kier molecular flexibility index (Phi) is 6.56. The van der Waals surface area contributed by atoms with Crippen LogP contribution >= 0.6 is 0 Å². The minimum Gasteiger partial charge on any atom is -0.497 e. The molecule has 0 aliphatic carbocycles. The maximum absolute atomic E-state index is 12.0. The Labute approximate surface area is 147 Å². The van der Waals surface area contributed by atoms with E-state index < -0.39 is 0 Å². The highest BCUT2D eigenvalue weighted by Gasteiger charge is 2.07. The number of nitrogens with zero attached hydrogens (tertiary/aromatic N) is 3. The Morgan fingerprint density at radius 3 is 2.80 bits per heavy atom. The van der Waals surface area contributed by atoms with Gasteiger partial charge < -0.3 is 19.4 Å². The fraction of sp³-hybridized carbons (Fsp3) is 0.389. The molecule has 0 radical (unpaired) electrons. The molecule has 1 aromatic carbocycles. The molecule has 1 N–H and O–H groups in total. The van der Waals surface area contributed by atoms with Crippen molar-refractivity contribution < 1.29 is 14.3 Å². The number of carbonyl (C=O) groups is 1. The van der Waals surface area contributed by atoms with Crippen LogP contribution in [0.25, 0.3) is 6.08 Å². The Morgan fingerprint density at radius 1 is 1.32 bits per heavy atom. The van der Waals surface area contributed by atoms with Gasteiger partial charge in [-0.25, -0.2) is 0 Å². The highest BCUT2D eigenvalue weighted by atomic mass is 16.5. The monoisotopic (exact) mass is 344 g/mol. The van der Waals surface area contributed by atoms with Crippen molar-refractivity contribution in [3.05, 3.63) is 42.0 Å². The lowest BCUT2D eigenvalue weighted by molar-refractivity contribution is -0.116. The first kappa shape index (κ1) is 18.5. The van der Waals surface area contributed by atoms with Crippen LogP contribution in [0.4, 0.5) is 0 Å². The summed E-state index contributed by atoms with van der Waals surface area (Å²) >= 11 is 0. The number of carbonyl (C=O) groups excluding carboxylic acids is 1. The predicted molar refractivity (Wildman–Crippen MR) is 95.7 cm³/mol. The third-order valence-corrected chi connectivity index (χ3v) is 3.71. The van der Waals surface area contributed by atoms with E-state index in [4.69, 9.17) is 9.47 Å². The van der Waals surface area contributed by atoms with E-state index in [1.807, 2.05) is 16.7 Å². The quantitative estimate of drug-likeness (QED) is 0.743. The molecule has 1 heterocycles. The minimum absolute atomic E-state index is 0.173. The number of aromatic nitrogens is 3. The number of rotatable bonds is 8. The molecule has 0 saturated carbocycles. The largest absolute Gasteiger partial charge is 0.497 e. The van der Waals surface area contributed by atoms with Crippen LogP contribution in [0.3, 0.4) is 0 Å². The maximum Gasteiger partial charge on any atom is 0.244 e. The summed E-state index contributed by atoms with van der Waals surface area (Å²) in [6.45, 7) is 4.63. The molecule has 0 saturated heterocycles. The van der Waals surface area contributed by atoms with Gasteiger partial charge in [0.1, 0.15) is 23.7 Å². The Balaban J connectivity index is 1.90. The highest BCUT2D eigenvalue weighted by molar-refractivity contribution is 5.92. The summed E-state index contributed by atoms with van der Waals surface area (Å²) in [6, 6.07) is 5.73. The van der Waals surface area contributed by atoms with E-state index in [9.17, 15) is 4.79 Å². The lowest BCUT2D eigenvalue weighted by Gasteiger charge is -2.10. The van der Waals surface area contributed by atoms with Gasteiger partial charge in [-0.2, -0.15) is 0 Å². The summed E-state index contributed by atoms with van der Waals surface area (Å²) in [5, 5.41) is 10.8. The van der Waals surface area contributed by atoms with E-state index in [0.717, 1.165) is 11.4 Å². The van der Waals surface area contributed by atoms with Crippen LogP contribution in [-0.2, 0) is 11.2 Å². The number of methoxy groups -OCH3 is 2. The molecule has 0 bridgehead atoms. The molecule has 0 spiro atoms. The molecule has 2 rings (SSSR count). The first-order valence-electron chi connectivity index (χ1n) is 8.11. The molecule has 0 unspecified atom stereocenters. The SMILES string of the molecule is COc1ccc(C=CC(=O)NCCc2nncn2C(C)C)c(OC)c1. The van der Waals surface area contributed by atoms with Crippen molar-refractivity contribution in [2.24, 2.45) is 0 Å². The number of hydrogen-bond acceptors (Lipinski definition) is 5. The minimum atomic E-state index is -0.173. The summed E-state index contributed by atoms with van der Waals surface area (Å²) in [5.41, 5.74) is 0.804. The second-order valence-electron chi connectivity index (χ2n) is 5.73. The number of benzene rings is 1. The maximum atomic E-state index is 12.0. The number of amides is 1. The second kappa shape index (κ2) is 8.86. The molecular formula is C18H24N4O3. The van der Waals surface area contributed by atoms with Crippen molar-refractivity contribution in [2.45, 2.75) is 26.3 Å². The summed E-state index contributed by atoms with van der Waals surface area (Å²) in [6.07, 6.45) is 5.53. The Hall–Kier alpha value is -2.83. The van der Waals surface area contributed by atoms with Gasteiger partial charge in [-0.05, 0) is 32.1 Å². The molecular weight excluding hydrogens is 320 g/mol. The fourth-order valence-corrected chi connectivity index (χ4v) is 2.35. The zero-order valence-corrected chi connectivity index (χ0v) is 15.0. The third kappa shape index (κ3) is 5.07. The van der Waals surface area contributed by atoms with E-state index in [2.05, 4.69) is 29.4 Å². The van der Waals surface area contributed by atoms with Crippen molar-refractivity contribution in [1.29, 1.82) is 0 Å². The van der Waals surface area contributed by atoms with Crippen molar-refractivity contribution in [3.63, 3.8) is 0 Å². The van der Waals surface area contributed by atoms with Gasteiger partial charge in [0.2, 0.25) is 5.91 Å². The Morgan fingerprint density at radius 2 is 2.12 bits per heavy atom. The lowest BCUT2D eigenvalue weighted by Crippen LogP contribution is -2.24. The van der Waals surface area contributed by atoms with Crippen molar-refractivity contribution in [1.82, 2.24) is 20.1 Å². The van der Waals surface area contributed by atoms with Crippen molar-refractivity contribution in [3.8, 4) is 11.5 Å². The fourth-order valence-electron chi connectivity index (χ4n) is 2.35. The summed E-state index contributed by atoms with van der Waals surface area (Å²) < 4.78 is 12.5. The summed E-state index contributed by atoms with van der Waals surface area (Å²) in [7, 11) is 3.18. The van der Waals surface area contributed by atoms with E-state index in [1.54, 1.807) is 32.7 Å². The van der Waals surface area contributed by atoms with Crippen LogP contribution in [0.1, 0.15) is 31.3 Å². The van der Waals surface area contributed by atoms with Crippen LogP contribution in [0.2, 0.25) is 0 Å². The summed E-state index contributed by atoms with van der Waals surface area (Å²) in [5.74, 6) is 2.03. The van der Waals surface area contributed by atoms with Gasteiger partial charge in [0.05, 0.1) is 14.2 Å². The van der Waals surface area contributed by atoms with Gasteiger partial charge in [-0.15, -0.1) is 10.2 Å². The third-order valence-electron chi connectivity index (χ3n) is 3.71. The van der Waals surface area contributed by atoms with Gasteiger partial charge >= 0.3 is 0 Å². The number of ether oxygens (including phenoxy) is 2. The number of nitrogens with one attached hydrogen (secondary N) is 1. The normalized spacial score (nSPS) is 11.1. The molecule has 0 fully saturated rings. The molecule has 7 heteroatoms. The molecule has 25 heavy (non-hydrogen) atoms. The van der Waals surface area contributed by atoms with Gasteiger partial charge in [0.25, 0.3) is 0 Å². The van der Waals surface area contributed by atoms with Crippen LogP contribution in [-0.4, -0.2) is 41.4 Å². The van der Waals surface area contributed by atoms with Gasteiger partial charge in [0, 0.05) is 36.7 Å². The number of hydrogen-bond donors (Lipinski definition) is 1. The van der Waals surface area contributed by atoms with Gasteiger partial charge in [-0.3, -0.25) is 4.79 Å². The Bertz CT molecular complexity index is 738. The lowest BCUT2D eigenvalue weighted by atomic mass is 10.1. The molecule has 2 aromatic rings. The highest BCUT2D eigenvalue weighted by Crippen LogP contribution is 2.25. The molecule has 0 atom stereocenters. The van der Waals surface area contributed by atoms with Crippen LogP contribution in [0.15, 0.2) is 30.6 Å². The second-order valence-corrected chi connectivity index (χ2v) is 5.73. The average molecular weight is 344 g/mol. The predicted octanol–water partition coefficient (Wildman–Crippen LogP) is 2.25. The van der Waals surface area contributed by atoms with Crippen LogP contribution < -0.4 is 14.8 Å². The van der Waals surface area contributed by atoms with E-state index in [1.165, 1.54) is 6.08 Å². The van der Waals surface area contributed by atoms with Gasteiger partial charge in [0.15, 0.2) is 0 Å². The molecule has 1 aromatic heterocycles. The van der Waals surface area contributed by atoms with E-state index in [-0.39, 0.29) is 5.91 Å². The standard InChI is InChI=1S/C18H24N4O3/c1-13(2)22-12-20-21-17(22)9-10-19-18(23)8-6-14-5-7-15(24-3)11-16(14)25-4/h5-8,11-13H,9-10H2,1-4H3,(H,19,23). The van der Waals surface area contributed by atoms with Crippen LogP contribution in [0, 0.1) is 0 Å². The summed E-state index contributed by atoms with van der Waals surface area (Å²) in [4.78, 5) is 12.0. The molecule has 0 aliphatic heterocycles. The molecule has 0 aliphatic rings. The smallest absolute Gasteiger partial charge is 0.244 e. The van der Waals surface area contributed by atoms with Gasteiger partial charge in [-0.1, -0.05) is 0 Å². The van der Waals surface area contributed by atoms with E-state index in [0.29, 0.717) is 30.5 Å².